The maximum atomic E-state index is 14.2. The van der Waals surface area contributed by atoms with Crippen LogP contribution in [0.15, 0.2) is 17.1 Å². The molecule has 0 amide bonds. The van der Waals surface area contributed by atoms with E-state index in [4.69, 9.17) is 15.2 Å². The molecule has 0 aliphatic carbocycles. The lowest BCUT2D eigenvalue weighted by Crippen LogP contribution is -2.35. The summed E-state index contributed by atoms with van der Waals surface area (Å²) >= 11 is 0. The number of anilines is 1. The van der Waals surface area contributed by atoms with Crippen LogP contribution in [0, 0.1) is 0 Å². The average molecular weight is 390 g/mol. The Morgan fingerprint density at radius 3 is 2.85 bits per heavy atom. The van der Waals surface area contributed by atoms with Crippen molar-refractivity contribution in [3.8, 4) is 0 Å². The van der Waals surface area contributed by atoms with Gasteiger partial charge in [0.05, 0.1) is 6.42 Å². The first-order valence-electron chi connectivity index (χ1n) is 8.06. The number of nitrogens with zero attached hydrogens (tertiary/aromatic N) is 2. The van der Waals surface area contributed by atoms with Crippen molar-refractivity contribution >= 4 is 17.8 Å². The third-order valence-corrected chi connectivity index (χ3v) is 3.65. The second kappa shape index (κ2) is 8.86. The van der Waals surface area contributed by atoms with Crippen LogP contribution in [0.1, 0.15) is 19.1 Å². The minimum Gasteiger partial charge on any atom is -0.460 e. The molecule has 0 aromatic carbocycles. The third kappa shape index (κ3) is 5.69. The molecule has 0 unspecified atom stereocenters. The van der Waals surface area contributed by atoms with Gasteiger partial charge in [-0.2, -0.15) is 4.98 Å². The first-order valence-corrected chi connectivity index (χ1v) is 8.06. The zero-order valence-electron chi connectivity index (χ0n) is 14.5. The van der Waals surface area contributed by atoms with Crippen LogP contribution in [0.5, 0.6) is 0 Å². The highest BCUT2D eigenvalue weighted by Crippen LogP contribution is 2.41. The molecule has 0 bridgehead atoms. The molecule has 2 atom stereocenters. The molecule has 1 aromatic rings. The number of esters is 2. The maximum absolute atomic E-state index is 14.2. The van der Waals surface area contributed by atoms with Crippen molar-refractivity contribution in [3.05, 3.63) is 22.7 Å². The fourth-order valence-electron chi connectivity index (χ4n) is 2.37. The summed E-state index contributed by atoms with van der Waals surface area (Å²) in [6, 6.07) is 1.19. The number of hydrogen-bond donors (Lipinski definition) is 2. The van der Waals surface area contributed by atoms with Gasteiger partial charge in [0, 0.05) is 19.2 Å². The monoisotopic (exact) mass is 390 g/mol. The van der Waals surface area contributed by atoms with E-state index in [-0.39, 0.29) is 12.2 Å². The van der Waals surface area contributed by atoms with Crippen molar-refractivity contribution in [2.75, 3.05) is 32.5 Å². The normalized spacial score (nSPS) is 21.0. The fourth-order valence-corrected chi connectivity index (χ4v) is 2.37. The number of nitrogens with two attached hydrogens (primary N) is 1. The van der Waals surface area contributed by atoms with Gasteiger partial charge in [-0.25, -0.2) is 18.4 Å². The van der Waals surface area contributed by atoms with Crippen LogP contribution in [-0.4, -0.2) is 60.3 Å². The molecule has 3 N–H and O–H groups in total. The molecular formula is C15H20F2N4O6. The molecule has 150 valence electrons. The highest BCUT2D eigenvalue weighted by molar-refractivity contribution is 5.76. The standard InChI is InChI=1S/C15H20F2N4O6/c1-19-4-2-11(22)26-8-12(23)25-7-9-6-15(16,17)13(27-9)21-5-3-10(18)20-14(21)24/h3,5,9,13,19H,2,4,6-8H2,1H3,(H2,18,20,24)/t9-,13+/m0/s1. The van der Waals surface area contributed by atoms with Crippen molar-refractivity contribution in [2.45, 2.75) is 31.1 Å². The van der Waals surface area contributed by atoms with Gasteiger partial charge in [-0.15, -0.1) is 0 Å². The molecule has 0 saturated carbocycles. The summed E-state index contributed by atoms with van der Waals surface area (Å²) in [6.45, 7) is -0.716. The Morgan fingerprint density at radius 2 is 2.19 bits per heavy atom. The summed E-state index contributed by atoms with van der Waals surface area (Å²) in [5.41, 5.74) is 4.35. The summed E-state index contributed by atoms with van der Waals surface area (Å²) < 4.78 is 43.6. The molecule has 12 heteroatoms. The minimum absolute atomic E-state index is 0.0772. The molecular weight excluding hydrogens is 370 g/mol. The number of hydrogen-bond acceptors (Lipinski definition) is 9. The molecule has 1 saturated heterocycles. The summed E-state index contributed by atoms with van der Waals surface area (Å²) in [4.78, 5) is 37.9. The summed E-state index contributed by atoms with van der Waals surface area (Å²) in [7, 11) is 1.65. The average Bonchev–Trinajstić information content (AvgIpc) is 2.90. The molecule has 1 aromatic heterocycles. The predicted octanol–water partition coefficient (Wildman–Crippen LogP) is -0.556. The van der Waals surface area contributed by atoms with Gasteiger partial charge >= 0.3 is 17.6 Å². The molecule has 1 aliphatic heterocycles. The lowest BCUT2D eigenvalue weighted by molar-refractivity contribution is -0.162. The number of carbonyl (C=O) groups is 2. The van der Waals surface area contributed by atoms with Gasteiger partial charge in [-0.1, -0.05) is 0 Å². The van der Waals surface area contributed by atoms with E-state index in [2.05, 4.69) is 15.0 Å². The molecule has 1 aliphatic rings. The molecule has 27 heavy (non-hydrogen) atoms. The lowest BCUT2D eigenvalue weighted by atomic mass is 10.2. The van der Waals surface area contributed by atoms with E-state index in [0.717, 1.165) is 6.20 Å². The van der Waals surface area contributed by atoms with Crippen molar-refractivity contribution in [1.82, 2.24) is 14.9 Å². The maximum Gasteiger partial charge on any atom is 0.351 e. The van der Waals surface area contributed by atoms with Gasteiger partial charge in [0.2, 0.25) is 6.23 Å². The number of alkyl halides is 2. The van der Waals surface area contributed by atoms with E-state index in [9.17, 15) is 23.2 Å². The Balaban J connectivity index is 1.86. The largest absolute Gasteiger partial charge is 0.460 e. The number of aromatic nitrogens is 2. The molecule has 2 rings (SSSR count). The Labute approximate surface area is 152 Å². The Bertz CT molecular complexity index is 741. The third-order valence-electron chi connectivity index (χ3n) is 3.65. The number of carbonyl (C=O) groups excluding carboxylic acids is 2. The van der Waals surface area contributed by atoms with Crippen LogP contribution in [0.25, 0.3) is 0 Å². The van der Waals surface area contributed by atoms with Gasteiger partial charge in [0.1, 0.15) is 18.5 Å². The van der Waals surface area contributed by atoms with Gasteiger partial charge in [-0.3, -0.25) is 9.36 Å². The number of rotatable bonds is 8. The molecule has 1 fully saturated rings. The molecule has 10 nitrogen and oxygen atoms in total. The zero-order chi connectivity index (χ0) is 20.0. The Hall–Kier alpha value is -2.60. The predicted molar refractivity (Wildman–Crippen MR) is 86.8 cm³/mol. The highest BCUT2D eigenvalue weighted by atomic mass is 19.3. The van der Waals surface area contributed by atoms with E-state index in [1.165, 1.54) is 6.07 Å². The lowest BCUT2D eigenvalue weighted by Gasteiger charge is -2.19. The number of halogens is 2. The summed E-state index contributed by atoms with van der Waals surface area (Å²) in [6.07, 6.45) is -2.65. The Morgan fingerprint density at radius 1 is 1.44 bits per heavy atom. The van der Waals surface area contributed by atoms with E-state index >= 15 is 0 Å². The van der Waals surface area contributed by atoms with Crippen LogP contribution < -0.4 is 16.7 Å². The minimum atomic E-state index is -3.38. The summed E-state index contributed by atoms with van der Waals surface area (Å²) in [5, 5.41) is 2.74. The summed E-state index contributed by atoms with van der Waals surface area (Å²) in [5.74, 6) is -4.97. The van der Waals surface area contributed by atoms with Crippen molar-refractivity contribution in [1.29, 1.82) is 0 Å². The molecule has 2 heterocycles. The fraction of sp³-hybridized carbons (Fsp3) is 0.600. The second-order valence-corrected chi connectivity index (χ2v) is 5.82. The van der Waals surface area contributed by atoms with Gasteiger partial charge in [0.25, 0.3) is 5.92 Å². The highest BCUT2D eigenvalue weighted by Gasteiger charge is 2.52. The van der Waals surface area contributed by atoms with Crippen molar-refractivity contribution in [2.24, 2.45) is 0 Å². The van der Waals surface area contributed by atoms with Gasteiger partial charge < -0.3 is 25.3 Å². The quantitative estimate of drug-likeness (QED) is 0.560. The van der Waals surface area contributed by atoms with Crippen LogP contribution in [-0.2, 0) is 23.8 Å². The smallest absolute Gasteiger partial charge is 0.351 e. The number of nitrogen functional groups attached to an aromatic ring is 1. The van der Waals surface area contributed by atoms with E-state index in [1.807, 2.05) is 0 Å². The number of nitrogens with one attached hydrogen (secondary N) is 1. The Kier molecular flexibility index (Phi) is 6.80. The SMILES string of the molecule is CNCCC(=O)OCC(=O)OC[C@@H]1CC(F)(F)[C@H](n2ccc(N)nc2=O)O1. The topological polar surface area (TPSA) is 135 Å². The van der Waals surface area contributed by atoms with E-state index < -0.39 is 55.5 Å². The first kappa shape index (κ1) is 20.7. The van der Waals surface area contributed by atoms with E-state index in [1.54, 1.807) is 7.05 Å². The first-order chi connectivity index (χ1) is 12.7. The second-order valence-electron chi connectivity index (χ2n) is 5.82. The van der Waals surface area contributed by atoms with Crippen molar-refractivity contribution < 1.29 is 32.6 Å². The molecule has 0 radical (unpaired) electrons. The van der Waals surface area contributed by atoms with Gasteiger partial charge in [0.15, 0.2) is 6.61 Å². The number of ether oxygens (including phenoxy) is 3. The zero-order valence-corrected chi connectivity index (χ0v) is 14.5. The van der Waals surface area contributed by atoms with Crippen LogP contribution in [0.4, 0.5) is 14.6 Å². The van der Waals surface area contributed by atoms with E-state index in [0.29, 0.717) is 11.1 Å². The van der Waals surface area contributed by atoms with Crippen LogP contribution >= 0.6 is 0 Å². The molecule has 0 spiro atoms. The van der Waals surface area contributed by atoms with Crippen molar-refractivity contribution in [3.63, 3.8) is 0 Å². The van der Waals surface area contributed by atoms with Crippen LogP contribution in [0.2, 0.25) is 0 Å². The van der Waals surface area contributed by atoms with Gasteiger partial charge in [-0.05, 0) is 13.1 Å². The van der Waals surface area contributed by atoms with Crippen LogP contribution in [0.3, 0.4) is 0 Å².